The summed E-state index contributed by atoms with van der Waals surface area (Å²) in [4.78, 5) is 28.1. The number of fused-ring (bicyclic) bond motifs is 1. The molecule has 0 unspecified atom stereocenters. The van der Waals surface area contributed by atoms with Gasteiger partial charge in [-0.1, -0.05) is 24.3 Å². The van der Waals surface area contributed by atoms with Crippen molar-refractivity contribution in [1.82, 2.24) is 14.8 Å². The van der Waals surface area contributed by atoms with E-state index < -0.39 is 10.8 Å². The second-order valence-electron chi connectivity index (χ2n) is 6.61. The SMILES string of the molecule is Cc1cc(NC(=O)c2cccc([N+](=O)[O-])c2C)n(-c2ccc3ccccc3n2)n1. The number of para-hydroxylation sites is 1. The lowest BCUT2D eigenvalue weighted by Crippen LogP contribution is -2.17. The van der Waals surface area contributed by atoms with Crippen LogP contribution in [0, 0.1) is 24.0 Å². The third kappa shape index (κ3) is 3.43. The summed E-state index contributed by atoms with van der Waals surface area (Å²) in [5.41, 5.74) is 1.95. The predicted octanol–water partition coefficient (Wildman–Crippen LogP) is 4.20. The number of amides is 1. The van der Waals surface area contributed by atoms with Crippen LogP contribution in [-0.2, 0) is 0 Å². The topological polar surface area (TPSA) is 103 Å². The Labute approximate surface area is 166 Å². The first-order valence-electron chi connectivity index (χ1n) is 8.92. The van der Waals surface area contributed by atoms with Crippen LogP contribution >= 0.6 is 0 Å². The average molecular weight is 387 g/mol. The van der Waals surface area contributed by atoms with Gasteiger partial charge < -0.3 is 5.32 Å². The molecular formula is C21H17N5O3. The van der Waals surface area contributed by atoms with E-state index in [1.165, 1.54) is 12.1 Å². The Kier molecular flexibility index (Phi) is 4.52. The largest absolute Gasteiger partial charge is 0.306 e. The molecule has 29 heavy (non-hydrogen) atoms. The number of rotatable bonds is 4. The molecule has 8 heteroatoms. The summed E-state index contributed by atoms with van der Waals surface area (Å²) in [5, 5.41) is 19.4. The number of hydrogen-bond donors (Lipinski definition) is 1. The number of pyridine rings is 1. The molecule has 1 N–H and O–H groups in total. The highest BCUT2D eigenvalue weighted by Gasteiger charge is 2.20. The zero-order valence-corrected chi connectivity index (χ0v) is 15.8. The monoisotopic (exact) mass is 387 g/mol. The molecule has 0 saturated carbocycles. The van der Waals surface area contributed by atoms with Crippen molar-refractivity contribution in [2.75, 3.05) is 5.32 Å². The van der Waals surface area contributed by atoms with Gasteiger partial charge in [-0.3, -0.25) is 14.9 Å². The summed E-state index contributed by atoms with van der Waals surface area (Å²) >= 11 is 0. The van der Waals surface area contributed by atoms with Crippen LogP contribution in [0.25, 0.3) is 16.7 Å². The summed E-state index contributed by atoms with van der Waals surface area (Å²) < 4.78 is 1.55. The van der Waals surface area contributed by atoms with E-state index in [0.717, 1.165) is 10.9 Å². The van der Waals surface area contributed by atoms with E-state index in [1.807, 2.05) is 43.3 Å². The molecule has 144 valence electrons. The minimum Gasteiger partial charge on any atom is -0.306 e. The first-order valence-corrected chi connectivity index (χ1v) is 8.92. The van der Waals surface area contributed by atoms with Gasteiger partial charge in [0.15, 0.2) is 5.82 Å². The number of nitro benzene ring substituents is 1. The molecule has 2 heterocycles. The van der Waals surface area contributed by atoms with Crippen molar-refractivity contribution in [3.63, 3.8) is 0 Å². The van der Waals surface area contributed by atoms with Crippen LogP contribution in [0.1, 0.15) is 21.6 Å². The molecule has 1 amide bonds. The van der Waals surface area contributed by atoms with Crippen LogP contribution in [0.5, 0.6) is 0 Å². The molecule has 2 aromatic carbocycles. The van der Waals surface area contributed by atoms with Gasteiger partial charge in [-0.15, -0.1) is 0 Å². The van der Waals surface area contributed by atoms with Gasteiger partial charge in [0, 0.05) is 28.6 Å². The third-order valence-electron chi connectivity index (χ3n) is 4.62. The van der Waals surface area contributed by atoms with E-state index in [-0.39, 0.29) is 11.3 Å². The molecule has 4 rings (SSSR count). The molecule has 8 nitrogen and oxygen atoms in total. The maximum atomic E-state index is 12.8. The van der Waals surface area contributed by atoms with Crippen molar-refractivity contribution in [2.24, 2.45) is 0 Å². The van der Waals surface area contributed by atoms with E-state index in [1.54, 1.807) is 23.7 Å². The lowest BCUT2D eigenvalue weighted by atomic mass is 10.1. The normalized spacial score (nSPS) is 10.8. The van der Waals surface area contributed by atoms with Crippen molar-refractivity contribution < 1.29 is 9.72 Å². The Balaban J connectivity index is 1.71. The van der Waals surface area contributed by atoms with E-state index >= 15 is 0 Å². The van der Waals surface area contributed by atoms with Crippen molar-refractivity contribution in [1.29, 1.82) is 0 Å². The quantitative estimate of drug-likeness (QED) is 0.418. The van der Waals surface area contributed by atoms with E-state index in [4.69, 9.17) is 0 Å². The van der Waals surface area contributed by atoms with Gasteiger partial charge in [0.25, 0.3) is 11.6 Å². The molecule has 0 spiro atoms. The van der Waals surface area contributed by atoms with Crippen LogP contribution in [0.15, 0.2) is 60.7 Å². The molecule has 0 bridgehead atoms. The number of nitrogens with one attached hydrogen (secondary N) is 1. The molecule has 2 aromatic heterocycles. The van der Waals surface area contributed by atoms with Crippen molar-refractivity contribution in [2.45, 2.75) is 13.8 Å². The number of aryl methyl sites for hydroxylation is 1. The number of anilines is 1. The third-order valence-corrected chi connectivity index (χ3v) is 4.62. The second kappa shape index (κ2) is 7.16. The van der Waals surface area contributed by atoms with Gasteiger partial charge in [0.2, 0.25) is 0 Å². The van der Waals surface area contributed by atoms with Gasteiger partial charge in [-0.05, 0) is 38.1 Å². The summed E-state index contributed by atoms with van der Waals surface area (Å²) in [6, 6.07) is 17.6. The minimum absolute atomic E-state index is 0.0986. The van der Waals surface area contributed by atoms with Crippen molar-refractivity contribution in [3.05, 3.63) is 87.6 Å². The summed E-state index contributed by atoms with van der Waals surface area (Å²) in [7, 11) is 0. The number of benzene rings is 2. The first-order chi connectivity index (χ1) is 13.9. The highest BCUT2D eigenvalue weighted by atomic mass is 16.6. The van der Waals surface area contributed by atoms with Crippen LogP contribution in [0.3, 0.4) is 0 Å². The van der Waals surface area contributed by atoms with Gasteiger partial charge in [0.1, 0.15) is 5.82 Å². The van der Waals surface area contributed by atoms with Crippen LogP contribution in [-0.4, -0.2) is 25.6 Å². The average Bonchev–Trinajstić information content (AvgIpc) is 3.07. The molecule has 0 radical (unpaired) electrons. The Hall–Kier alpha value is -4.07. The number of carbonyl (C=O) groups excluding carboxylic acids is 1. The summed E-state index contributed by atoms with van der Waals surface area (Å²) in [6.45, 7) is 3.37. The fourth-order valence-corrected chi connectivity index (χ4v) is 3.19. The van der Waals surface area contributed by atoms with E-state index in [9.17, 15) is 14.9 Å². The summed E-state index contributed by atoms with van der Waals surface area (Å²) in [6.07, 6.45) is 0. The van der Waals surface area contributed by atoms with E-state index in [2.05, 4.69) is 15.4 Å². The number of nitrogens with zero attached hydrogens (tertiary/aromatic N) is 4. The molecule has 0 atom stereocenters. The Morgan fingerprint density at radius 3 is 2.66 bits per heavy atom. The maximum Gasteiger partial charge on any atom is 0.273 e. The van der Waals surface area contributed by atoms with Gasteiger partial charge >= 0.3 is 0 Å². The fraction of sp³-hybridized carbons (Fsp3) is 0.0952. The smallest absolute Gasteiger partial charge is 0.273 e. The van der Waals surface area contributed by atoms with Gasteiger partial charge in [-0.25, -0.2) is 4.98 Å². The fourth-order valence-electron chi connectivity index (χ4n) is 3.19. The highest BCUT2D eigenvalue weighted by Crippen LogP contribution is 2.23. The van der Waals surface area contributed by atoms with Crippen molar-refractivity contribution in [3.8, 4) is 5.82 Å². The van der Waals surface area contributed by atoms with E-state index in [0.29, 0.717) is 22.9 Å². The number of aromatic nitrogens is 3. The molecule has 4 aromatic rings. The molecule has 0 saturated heterocycles. The molecular weight excluding hydrogens is 370 g/mol. The zero-order chi connectivity index (χ0) is 20.5. The molecule has 0 aliphatic carbocycles. The van der Waals surface area contributed by atoms with Gasteiger partial charge in [-0.2, -0.15) is 9.78 Å². The minimum atomic E-state index is -0.500. The maximum absolute atomic E-state index is 12.8. The number of hydrogen-bond acceptors (Lipinski definition) is 5. The predicted molar refractivity (Wildman–Crippen MR) is 109 cm³/mol. The van der Waals surface area contributed by atoms with Crippen LogP contribution in [0.4, 0.5) is 11.5 Å². The van der Waals surface area contributed by atoms with Crippen LogP contribution in [0.2, 0.25) is 0 Å². The lowest BCUT2D eigenvalue weighted by Gasteiger charge is -2.10. The lowest BCUT2D eigenvalue weighted by molar-refractivity contribution is -0.385. The molecule has 0 aliphatic rings. The van der Waals surface area contributed by atoms with Gasteiger partial charge in [0.05, 0.1) is 16.1 Å². The highest BCUT2D eigenvalue weighted by molar-refractivity contribution is 6.05. The Morgan fingerprint density at radius 2 is 1.86 bits per heavy atom. The number of carbonyl (C=O) groups is 1. The zero-order valence-electron chi connectivity index (χ0n) is 15.8. The molecule has 0 fully saturated rings. The Bertz CT molecular complexity index is 1260. The number of nitro groups is 1. The standard InChI is InChI=1S/C21H17N5O3/c1-13-12-20(23-21(27)16-7-5-9-18(14(16)2)26(28)29)25(24-13)19-11-10-15-6-3-4-8-17(15)22-19/h3-12H,1-2H3,(H,23,27). The summed E-state index contributed by atoms with van der Waals surface area (Å²) in [5.74, 6) is 0.539. The second-order valence-corrected chi connectivity index (χ2v) is 6.61. The Morgan fingerprint density at radius 1 is 1.07 bits per heavy atom. The van der Waals surface area contributed by atoms with Crippen molar-refractivity contribution >= 4 is 28.3 Å². The first kappa shape index (κ1) is 18.3. The molecule has 0 aliphatic heterocycles. The van der Waals surface area contributed by atoms with Crippen LogP contribution < -0.4 is 5.32 Å².